The minimum absolute atomic E-state index is 0.00972. The molecule has 0 radical (unpaired) electrons. The van der Waals surface area contributed by atoms with Crippen LogP contribution in [0.15, 0.2) is 53.6 Å². The van der Waals surface area contributed by atoms with Crippen molar-refractivity contribution < 1.29 is 12.8 Å². The van der Waals surface area contributed by atoms with Crippen LogP contribution in [-0.2, 0) is 10.0 Å². The van der Waals surface area contributed by atoms with E-state index in [2.05, 4.69) is 14.7 Å². The topological polar surface area (TPSA) is 98.0 Å². The Labute approximate surface area is 158 Å². The third kappa shape index (κ3) is 3.72. The van der Waals surface area contributed by atoms with Crippen LogP contribution in [0.3, 0.4) is 0 Å². The van der Waals surface area contributed by atoms with Gasteiger partial charge in [-0.25, -0.2) is 14.4 Å². The van der Waals surface area contributed by atoms with Gasteiger partial charge in [0.15, 0.2) is 5.03 Å². The number of rotatable bonds is 4. The molecule has 6 nitrogen and oxygen atoms in total. The summed E-state index contributed by atoms with van der Waals surface area (Å²) in [6, 6.07) is 11.0. The van der Waals surface area contributed by atoms with Gasteiger partial charge in [-0.15, -0.1) is 0 Å². The molecule has 0 spiro atoms. The van der Waals surface area contributed by atoms with Gasteiger partial charge in [0.2, 0.25) is 0 Å². The van der Waals surface area contributed by atoms with E-state index in [4.69, 9.17) is 28.9 Å². The van der Waals surface area contributed by atoms with E-state index in [0.717, 1.165) is 0 Å². The zero-order valence-corrected chi connectivity index (χ0v) is 15.3. The molecule has 0 bridgehead atoms. The lowest BCUT2D eigenvalue weighted by Crippen LogP contribution is -2.16. The number of benzene rings is 1. The van der Waals surface area contributed by atoms with Crippen molar-refractivity contribution in [3.8, 4) is 11.3 Å². The van der Waals surface area contributed by atoms with Crippen LogP contribution in [-0.4, -0.2) is 18.4 Å². The van der Waals surface area contributed by atoms with E-state index in [1.54, 1.807) is 0 Å². The summed E-state index contributed by atoms with van der Waals surface area (Å²) in [7, 11) is -4.04. The van der Waals surface area contributed by atoms with Crippen molar-refractivity contribution in [1.82, 2.24) is 9.97 Å². The first-order valence-corrected chi connectivity index (χ1v) is 9.38. The molecule has 2 aromatic heterocycles. The van der Waals surface area contributed by atoms with E-state index in [1.807, 2.05) is 0 Å². The van der Waals surface area contributed by atoms with Crippen LogP contribution in [0.2, 0.25) is 10.0 Å². The monoisotopic (exact) mass is 412 g/mol. The van der Waals surface area contributed by atoms with Gasteiger partial charge < -0.3 is 5.73 Å². The Balaban J connectivity index is 2.03. The molecule has 3 N–H and O–H groups in total. The molecule has 0 saturated carbocycles. The Morgan fingerprint density at radius 2 is 1.69 bits per heavy atom. The predicted molar refractivity (Wildman–Crippen MR) is 99.1 cm³/mol. The van der Waals surface area contributed by atoms with Crippen molar-refractivity contribution in [2.45, 2.75) is 5.03 Å². The summed E-state index contributed by atoms with van der Waals surface area (Å²) in [6.45, 7) is 0. The molecule has 10 heteroatoms. The van der Waals surface area contributed by atoms with Crippen molar-refractivity contribution in [1.29, 1.82) is 0 Å². The lowest BCUT2D eigenvalue weighted by Gasteiger charge is -2.11. The number of nitrogen functional groups attached to an aromatic ring is 1. The Hall–Kier alpha value is -2.42. The van der Waals surface area contributed by atoms with Crippen LogP contribution in [0.5, 0.6) is 0 Å². The first-order chi connectivity index (χ1) is 12.3. The van der Waals surface area contributed by atoms with Crippen LogP contribution in [0.4, 0.5) is 16.0 Å². The van der Waals surface area contributed by atoms with Crippen LogP contribution in [0.1, 0.15) is 0 Å². The third-order valence-corrected chi connectivity index (χ3v) is 5.18. The SMILES string of the molecule is Nc1cccc(S(=O)(=O)Nc2ccc(Cl)c(-c3c(F)cccc3Cl)n2)n1. The molecule has 1 aromatic carbocycles. The van der Waals surface area contributed by atoms with Gasteiger partial charge in [-0.05, 0) is 36.4 Å². The minimum atomic E-state index is -4.04. The number of nitrogens with two attached hydrogens (primary N) is 1. The fourth-order valence-electron chi connectivity index (χ4n) is 2.17. The number of pyridine rings is 2. The van der Waals surface area contributed by atoms with Crippen LogP contribution in [0, 0.1) is 5.82 Å². The molecule has 0 amide bonds. The Morgan fingerprint density at radius 1 is 0.962 bits per heavy atom. The summed E-state index contributed by atoms with van der Waals surface area (Å²) in [5.74, 6) is -0.659. The first kappa shape index (κ1) is 18.4. The largest absolute Gasteiger partial charge is 0.384 e. The highest BCUT2D eigenvalue weighted by Gasteiger charge is 2.19. The molecule has 0 aliphatic heterocycles. The molecule has 134 valence electrons. The van der Waals surface area contributed by atoms with Gasteiger partial charge >= 0.3 is 0 Å². The van der Waals surface area contributed by atoms with Crippen molar-refractivity contribution in [3.05, 3.63) is 64.4 Å². The van der Waals surface area contributed by atoms with Crippen LogP contribution in [0.25, 0.3) is 11.3 Å². The first-order valence-electron chi connectivity index (χ1n) is 7.14. The average Bonchev–Trinajstić information content (AvgIpc) is 2.57. The summed E-state index contributed by atoms with van der Waals surface area (Å²) in [4.78, 5) is 7.85. The summed E-state index contributed by atoms with van der Waals surface area (Å²) < 4.78 is 41.2. The second-order valence-electron chi connectivity index (χ2n) is 5.13. The maximum absolute atomic E-state index is 14.1. The van der Waals surface area contributed by atoms with Crippen molar-refractivity contribution >= 4 is 44.9 Å². The van der Waals surface area contributed by atoms with Gasteiger partial charge in [-0.2, -0.15) is 8.42 Å². The Bertz CT molecular complexity index is 1070. The minimum Gasteiger partial charge on any atom is -0.384 e. The summed E-state index contributed by atoms with van der Waals surface area (Å²) in [5, 5.41) is -0.0707. The van der Waals surface area contributed by atoms with Gasteiger partial charge in [0.25, 0.3) is 10.0 Å². The second-order valence-corrected chi connectivity index (χ2v) is 7.57. The van der Waals surface area contributed by atoms with Gasteiger partial charge in [0.1, 0.15) is 17.5 Å². The highest BCUT2D eigenvalue weighted by atomic mass is 35.5. The second kappa shape index (κ2) is 7.06. The number of nitrogens with zero attached hydrogens (tertiary/aromatic N) is 2. The summed E-state index contributed by atoms with van der Waals surface area (Å²) in [6.07, 6.45) is 0. The molecular formula is C16H11Cl2FN4O2S. The van der Waals surface area contributed by atoms with Gasteiger partial charge in [-0.3, -0.25) is 4.72 Å². The number of hydrogen-bond acceptors (Lipinski definition) is 5. The number of anilines is 2. The van der Waals surface area contributed by atoms with E-state index in [9.17, 15) is 12.8 Å². The number of aromatic nitrogens is 2. The average molecular weight is 413 g/mol. The number of halogens is 3. The maximum Gasteiger partial charge on any atom is 0.280 e. The summed E-state index contributed by atoms with van der Waals surface area (Å²) in [5.41, 5.74) is 5.49. The zero-order valence-electron chi connectivity index (χ0n) is 12.9. The fourth-order valence-corrected chi connectivity index (χ4v) is 3.60. The highest BCUT2D eigenvalue weighted by molar-refractivity contribution is 7.92. The number of nitrogens with one attached hydrogen (secondary N) is 1. The normalized spacial score (nSPS) is 11.3. The molecule has 0 fully saturated rings. The maximum atomic E-state index is 14.1. The molecular weight excluding hydrogens is 402 g/mol. The summed E-state index contributed by atoms with van der Waals surface area (Å²) >= 11 is 12.1. The van der Waals surface area contributed by atoms with Crippen molar-refractivity contribution in [2.75, 3.05) is 10.5 Å². The molecule has 0 unspecified atom stereocenters. The molecule has 26 heavy (non-hydrogen) atoms. The molecule has 0 atom stereocenters. The van der Waals surface area contributed by atoms with Gasteiger partial charge in [0, 0.05) is 0 Å². The fraction of sp³-hybridized carbons (Fsp3) is 0. The lowest BCUT2D eigenvalue weighted by atomic mass is 10.1. The van der Waals surface area contributed by atoms with E-state index in [-0.39, 0.29) is 38.0 Å². The number of sulfonamides is 1. The van der Waals surface area contributed by atoms with E-state index < -0.39 is 15.8 Å². The van der Waals surface area contributed by atoms with Crippen LogP contribution < -0.4 is 10.5 Å². The zero-order chi connectivity index (χ0) is 18.9. The van der Waals surface area contributed by atoms with Crippen molar-refractivity contribution in [3.63, 3.8) is 0 Å². The molecule has 2 heterocycles. The molecule has 0 saturated heterocycles. The Kier molecular flexibility index (Phi) is 4.99. The van der Waals surface area contributed by atoms with E-state index in [1.165, 1.54) is 48.5 Å². The van der Waals surface area contributed by atoms with E-state index in [0.29, 0.717) is 0 Å². The van der Waals surface area contributed by atoms with Crippen LogP contribution >= 0.6 is 23.2 Å². The molecule has 0 aliphatic carbocycles. The van der Waals surface area contributed by atoms with E-state index >= 15 is 0 Å². The quantitative estimate of drug-likeness (QED) is 0.675. The smallest absolute Gasteiger partial charge is 0.280 e. The van der Waals surface area contributed by atoms with Gasteiger partial charge in [-0.1, -0.05) is 35.3 Å². The highest BCUT2D eigenvalue weighted by Crippen LogP contribution is 2.34. The Morgan fingerprint density at radius 3 is 2.38 bits per heavy atom. The predicted octanol–water partition coefficient (Wildman–Crippen LogP) is 3.97. The standard InChI is InChI=1S/C16H11Cl2FN4O2S/c17-9-3-1-4-11(19)15(9)16-10(18)7-8-13(22-16)23-26(24,25)14-6-2-5-12(20)21-14/h1-8H,(H2,20,21)(H,22,23). The van der Waals surface area contributed by atoms with Crippen molar-refractivity contribution in [2.24, 2.45) is 0 Å². The molecule has 0 aliphatic rings. The third-order valence-electron chi connectivity index (χ3n) is 3.30. The van der Waals surface area contributed by atoms with Gasteiger partial charge in [0.05, 0.1) is 21.3 Å². The lowest BCUT2D eigenvalue weighted by molar-refractivity contribution is 0.597. The number of hydrogen-bond donors (Lipinski definition) is 2. The molecule has 3 rings (SSSR count). The molecule has 3 aromatic rings.